The van der Waals surface area contributed by atoms with Crippen molar-refractivity contribution in [2.45, 2.75) is 31.2 Å². The summed E-state index contributed by atoms with van der Waals surface area (Å²) < 4.78 is 1.66. The van der Waals surface area contributed by atoms with Crippen molar-refractivity contribution in [1.29, 1.82) is 0 Å². The van der Waals surface area contributed by atoms with Crippen LogP contribution in [0.2, 0.25) is 10.0 Å². The average Bonchev–Trinajstić information content (AvgIpc) is 2.88. The third-order valence-corrected chi connectivity index (χ3v) is 4.77. The van der Waals surface area contributed by atoms with Gasteiger partial charge in [-0.25, -0.2) is 9.50 Å². The lowest BCUT2D eigenvalue weighted by Gasteiger charge is -2.10. The molecule has 0 aliphatic rings. The molecule has 0 saturated heterocycles. The van der Waals surface area contributed by atoms with Gasteiger partial charge in [-0.05, 0) is 45.0 Å². The Morgan fingerprint density at radius 1 is 1.16 bits per heavy atom. The van der Waals surface area contributed by atoms with Crippen LogP contribution in [-0.4, -0.2) is 30.7 Å². The third kappa shape index (κ3) is 4.23. The van der Waals surface area contributed by atoms with Gasteiger partial charge in [0, 0.05) is 27.1 Å². The number of hydrogen-bond donors (Lipinski definition) is 1. The number of amides is 1. The summed E-state index contributed by atoms with van der Waals surface area (Å²) in [5, 5.41) is 8.19. The van der Waals surface area contributed by atoms with Crippen molar-refractivity contribution in [3.05, 3.63) is 45.7 Å². The molecule has 2 aromatic heterocycles. The number of aryl methyl sites for hydroxylation is 2. The predicted molar refractivity (Wildman–Crippen MR) is 101 cm³/mol. The Bertz CT molecular complexity index is 939. The summed E-state index contributed by atoms with van der Waals surface area (Å²) in [5.41, 5.74) is 2.36. The second-order valence-electron chi connectivity index (χ2n) is 5.55. The van der Waals surface area contributed by atoms with Gasteiger partial charge in [0.2, 0.25) is 11.1 Å². The largest absolute Gasteiger partial charge is 0.325 e. The molecule has 1 amide bonds. The van der Waals surface area contributed by atoms with Gasteiger partial charge < -0.3 is 5.32 Å². The molecule has 0 aliphatic carbocycles. The van der Waals surface area contributed by atoms with E-state index in [1.165, 1.54) is 11.8 Å². The lowest BCUT2D eigenvalue weighted by molar-refractivity contribution is -0.115. The zero-order valence-electron chi connectivity index (χ0n) is 13.7. The van der Waals surface area contributed by atoms with Gasteiger partial charge in [0.05, 0.1) is 5.25 Å². The molecule has 1 N–H and O–H groups in total. The fourth-order valence-corrected chi connectivity index (χ4v) is 3.55. The minimum Gasteiger partial charge on any atom is -0.325 e. The molecule has 0 radical (unpaired) electrons. The number of aromatic nitrogens is 4. The average molecular weight is 396 g/mol. The van der Waals surface area contributed by atoms with E-state index in [1.54, 1.807) is 29.6 Å². The van der Waals surface area contributed by atoms with Gasteiger partial charge in [0.15, 0.2) is 0 Å². The normalized spacial score (nSPS) is 12.4. The number of benzene rings is 1. The highest BCUT2D eigenvalue weighted by molar-refractivity contribution is 8.00. The van der Waals surface area contributed by atoms with Crippen molar-refractivity contribution < 1.29 is 4.79 Å². The topological polar surface area (TPSA) is 72.2 Å². The van der Waals surface area contributed by atoms with E-state index >= 15 is 0 Å². The number of nitrogens with zero attached hydrogens (tertiary/aromatic N) is 4. The van der Waals surface area contributed by atoms with Crippen LogP contribution in [0.1, 0.15) is 18.3 Å². The minimum atomic E-state index is -0.406. The summed E-state index contributed by atoms with van der Waals surface area (Å²) >= 11 is 13.1. The molecule has 0 aliphatic heterocycles. The van der Waals surface area contributed by atoms with Crippen LogP contribution < -0.4 is 5.32 Å². The summed E-state index contributed by atoms with van der Waals surface area (Å²) in [6.45, 7) is 5.62. The molecule has 1 aromatic carbocycles. The van der Waals surface area contributed by atoms with Gasteiger partial charge in [0.1, 0.15) is 0 Å². The van der Waals surface area contributed by atoms with Crippen LogP contribution in [0.4, 0.5) is 5.69 Å². The Morgan fingerprint density at radius 2 is 1.84 bits per heavy atom. The Labute approximate surface area is 158 Å². The maximum atomic E-state index is 12.4. The van der Waals surface area contributed by atoms with Gasteiger partial charge in [-0.2, -0.15) is 4.98 Å². The monoisotopic (exact) mass is 395 g/mol. The van der Waals surface area contributed by atoms with Crippen LogP contribution in [0.3, 0.4) is 0 Å². The Balaban J connectivity index is 1.74. The predicted octanol–water partition coefficient (Wildman–Crippen LogP) is 4.17. The number of hydrogen-bond acceptors (Lipinski definition) is 5. The number of rotatable bonds is 4. The fourth-order valence-electron chi connectivity index (χ4n) is 2.28. The highest BCUT2D eigenvalue weighted by Gasteiger charge is 2.18. The van der Waals surface area contributed by atoms with Crippen molar-refractivity contribution in [1.82, 2.24) is 19.6 Å². The van der Waals surface area contributed by atoms with E-state index in [9.17, 15) is 4.79 Å². The second kappa shape index (κ2) is 7.19. The van der Waals surface area contributed by atoms with E-state index in [0.29, 0.717) is 26.7 Å². The van der Waals surface area contributed by atoms with Crippen molar-refractivity contribution in [3.63, 3.8) is 0 Å². The van der Waals surface area contributed by atoms with Crippen LogP contribution >= 0.6 is 35.0 Å². The molecule has 0 saturated carbocycles. The van der Waals surface area contributed by atoms with Crippen molar-refractivity contribution in [3.8, 4) is 0 Å². The van der Waals surface area contributed by atoms with E-state index in [-0.39, 0.29) is 5.91 Å². The summed E-state index contributed by atoms with van der Waals surface area (Å²) in [5.74, 6) is 0.331. The summed E-state index contributed by atoms with van der Waals surface area (Å²) in [6.07, 6.45) is 0. The Hall–Kier alpha value is -1.83. The third-order valence-electron chi connectivity index (χ3n) is 3.38. The standard InChI is InChI=1S/C16H15Cl2N5OS/c1-8-4-9(2)23-15(19-8)21-16(22-23)25-10(3)14(24)20-13-6-11(17)5-12(18)7-13/h4-7,10H,1-3H3,(H,20,24)/t10-/m0/s1. The first-order valence-corrected chi connectivity index (χ1v) is 9.10. The first kappa shape index (κ1) is 18.0. The zero-order valence-corrected chi connectivity index (χ0v) is 16.1. The lowest BCUT2D eigenvalue weighted by Crippen LogP contribution is -2.22. The van der Waals surface area contributed by atoms with Crippen LogP contribution in [0.15, 0.2) is 29.4 Å². The maximum absolute atomic E-state index is 12.4. The van der Waals surface area contributed by atoms with E-state index in [0.717, 1.165) is 11.4 Å². The van der Waals surface area contributed by atoms with Gasteiger partial charge in [-0.1, -0.05) is 35.0 Å². The highest BCUT2D eigenvalue weighted by Crippen LogP contribution is 2.25. The fraction of sp³-hybridized carbons (Fsp3) is 0.250. The Morgan fingerprint density at radius 3 is 2.52 bits per heavy atom. The number of thioether (sulfide) groups is 1. The molecule has 25 heavy (non-hydrogen) atoms. The Kier molecular flexibility index (Phi) is 5.17. The molecular formula is C16H15Cl2N5OS. The van der Waals surface area contributed by atoms with Crippen LogP contribution in [0.5, 0.6) is 0 Å². The molecule has 1 atom stereocenters. The van der Waals surface area contributed by atoms with Crippen molar-refractivity contribution >= 4 is 52.3 Å². The number of halogens is 2. The van der Waals surface area contributed by atoms with Crippen molar-refractivity contribution in [2.75, 3.05) is 5.32 Å². The molecule has 6 nitrogen and oxygen atoms in total. The molecule has 0 fully saturated rings. The van der Waals surface area contributed by atoms with E-state index < -0.39 is 5.25 Å². The number of anilines is 1. The smallest absolute Gasteiger partial charge is 0.253 e. The molecule has 3 aromatic rings. The zero-order chi connectivity index (χ0) is 18.1. The number of nitrogens with one attached hydrogen (secondary N) is 1. The van der Waals surface area contributed by atoms with E-state index in [1.807, 2.05) is 19.9 Å². The number of carbonyl (C=O) groups is 1. The van der Waals surface area contributed by atoms with Crippen LogP contribution in [0, 0.1) is 13.8 Å². The minimum absolute atomic E-state index is 0.192. The first-order valence-electron chi connectivity index (χ1n) is 7.46. The quantitative estimate of drug-likeness (QED) is 0.671. The molecule has 0 bridgehead atoms. The van der Waals surface area contributed by atoms with Crippen LogP contribution in [-0.2, 0) is 4.79 Å². The summed E-state index contributed by atoms with van der Waals surface area (Å²) in [6, 6.07) is 6.81. The summed E-state index contributed by atoms with van der Waals surface area (Å²) in [4.78, 5) is 21.1. The van der Waals surface area contributed by atoms with Gasteiger partial charge in [-0.15, -0.1) is 5.10 Å². The van der Waals surface area contributed by atoms with Crippen LogP contribution in [0.25, 0.3) is 5.78 Å². The summed E-state index contributed by atoms with van der Waals surface area (Å²) in [7, 11) is 0. The maximum Gasteiger partial charge on any atom is 0.253 e. The molecular weight excluding hydrogens is 381 g/mol. The molecule has 0 unspecified atom stereocenters. The number of fused-ring (bicyclic) bond motifs is 1. The van der Waals surface area contributed by atoms with Gasteiger partial charge >= 0.3 is 0 Å². The second-order valence-corrected chi connectivity index (χ2v) is 7.73. The lowest BCUT2D eigenvalue weighted by atomic mass is 10.3. The molecule has 3 rings (SSSR count). The van der Waals surface area contributed by atoms with Gasteiger partial charge in [-0.3, -0.25) is 4.79 Å². The molecule has 2 heterocycles. The molecule has 0 spiro atoms. The van der Waals surface area contributed by atoms with Crippen molar-refractivity contribution in [2.24, 2.45) is 0 Å². The number of carbonyl (C=O) groups excluding carboxylic acids is 1. The highest BCUT2D eigenvalue weighted by atomic mass is 35.5. The molecule has 9 heteroatoms. The first-order chi connectivity index (χ1) is 11.8. The SMILES string of the molecule is Cc1cc(C)n2nc(S[C@@H](C)C(=O)Nc3cc(Cl)cc(Cl)c3)nc2n1. The van der Waals surface area contributed by atoms with E-state index in [4.69, 9.17) is 23.2 Å². The molecule has 130 valence electrons. The van der Waals surface area contributed by atoms with Gasteiger partial charge in [0.25, 0.3) is 5.78 Å². The van der Waals surface area contributed by atoms with E-state index in [2.05, 4.69) is 20.4 Å².